The first-order valence-electron chi connectivity index (χ1n) is 10.6. The van der Waals surface area contributed by atoms with Gasteiger partial charge in [-0.05, 0) is 79.6 Å². The standard InChI is InChI=1S/C25H27FN2O5S/c1-18-5-4-6-24(19(18)2)33-16-15-27-25(29)17-28(21-9-7-20(26)8-10-21)34(30,31)23-13-11-22(32-3)12-14-23/h4-14H,15-17H2,1-3H3,(H,27,29). The van der Waals surface area contributed by atoms with E-state index < -0.39 is 28.3 Å². The van der Waals surface area contributed by atoms with E-state index in [0.717, 1.165) is 33.3 Å². The molecule has 0 aliphatic carbocycles. The fraction of sp³-hybridized carbons (Fsp3) is 0.240. The number of hydrogen-bond acceptors (Lipinski definition) is 5. The Kier molecular flexibility index (Phi) is 8.12. The molecule has 0 aliphatic heterocycles. The molecule has 0 aromatic heterocycles. The molecule has 0 saturated carbocycles. The first-order chi connectivity index (χ1) is 16.2. The van der Waals surface area contributed by atoms with Crippen molar-refractivity contribution in [3.8, 4) is 11.5 Å². The zero-order chi connectivity index (χ0) is 24.7. The van der Waals surface area contributed by atoms with E-state index in [1.54, 1.807) is 0 Å². The van der Waals surface area contributed by atoms with Crippen LogP contribution in [0.4, 0.5) is 10.1 Å². The SMILES string of the molecule is COc1ccc(S(=O)(=O)N(CC(=O)NCCOc2cccc(C)c2C)c2ccc(F)cc2)cc1. The fourth-order valence-corrected chi connectivity index (χ4v) is 4.64. The minimum absolute atomic E-state index is 0.0244. The normalized spacial score (nSPS) is 11.1. The van der Waals surface area contributed by atoms with Crippen molar-refractivity contribution in [3.63, 3.8) is 0 Å². The number of nitrogens with one attached hydrogen (secondary N) is 1. The molecule has 3 rings (SSSR count). The molecule has 0 aliphatic rings. The summed E-state index contributed by atoms with van der Waals surface area (Å²) in [5.41, 5.74) is 2.28. The molecule has 0 atom stereocenters. The summed E-state index contributed by atoms with van der Waals surface area (Å²) in [4.78, 5) is 12.6. The maximum absolute atomic E-state index is 13.4. The second-order valence-electron chi connectivity index (χ2n) is 7.56. The van der Waals surface area contributed by atoms with Crippen LogP contribution in [0.2, 0.25) is 0 Å². The average molecular weight is 487 g/mol. The van der Waals surface area contributed by atoms with Crippen LogP contribution in [0.1, 0.15) is 11.1 Å². The van der Waals surface area contributed by atoms with Gasteiger partial charge in [-0.15, -0.1) is 0 Å². The van der Waals surface area contributed by atoms with Gasteiger partial charge in [0.25, 0.3) is 10.0 Å². The third-order valence-corrected chi connectivity index (χ3v) is 7.07. The molecular formula is C25H27FN2O5S. The highest BCUT2D eigenvalue weighted by atomic mass is 32.2. The number of amides is 1. The van der Waals surface area contributed by atoms with E-state index in [1.165, 1.54) is 43.5 Å². The quantitative estimate of drug-likeness (QED) is 0.440. The number of carbonyl (C=O) groups is 1. The lowest BCUT2D eigenvalue weighted by Gasteiger charge is -2.24. The Morgan fingerprint density at radius 3 is 2.32 bits per heavy atom. The lowest BCUT2D eigenvalue weighted by Crippen LogP contribution is -2.41. The number of halogens is 1. The molecule has 0 heterocycles. The topological polar surface area (TPSA) is 84.9 Å². The first-order valence-corrected chi connectivity index (χ1v) is 12.0. The van der Waals surface area contributed by atoms with Crippen LogP contribution in [0, 0.1) is 19.7 Å². The number of sulfonamides is 1. The van der Waals surface area contributed by atoms with Crippen molar-refractivity contribution in [2.45, 2.75) is 18.7 Å². The van der Waals surface area contributed by atoms with Gasteiger partial charge in [0, 0.05) is 0 Å². The number of anilines is 1. The minimum atomic E-state index is -4.11. The maximum Gasteiger partial charge on any atom is 0.264 e. The predicted octanol–water partition coefficient (Wildman–Crippen LogP) is 3.84. The van der Waals surface area contributed by atoms with Crippen LogP contribution in [-0.2, 0) is 14.8 Å². The summed E-state index contributed by atoms with van der Waals surface area (Å²) in [5, 5.41) is 2.68. The highest BCUT2D eigenvalue weighted by Gasteiger charge is 2.27. The molecule has 34 heavy (non-hydrogen) atoms. The molecule has 9 heteroatoms. The van der Waals surface area contributed by atoms with Crippen molar-refractivity contribution in [2.75, 3.05) is 31.1 Å². The molecule has 3 aromatic rings. The van der Waals surface area contributed by atoms with Crippen molar-refractivity contribution in [3.05, 3.63) is 83.7 Å². The van der Waals surface area contributed by atoms with Crippen molar-refractivity contribution < 1.29 is 27.1 Å². The monoisotopic (exact) mass is 486 g/mol. The van der Waals surface area contributed by atoms with Crippen LogP contribution in [0.25, 0.3) is 0 Å². The number of ether oxygens (including phenoxy) is 2. The summed E-state index contributed by atoms with van der Waals surface area (Å²) in [6.45, 7) is 3.86. The first kappa shape index (κ1) is 25.0. The molecule has 0 unspecified atom stereocenters. The average Bonchev–Trinajstić information content (AvgIpc) is 2.83. The third-order valence-electron chi connectivity index (χ3n) is 5.29. The van der Waals surface area contributed by atoms with Gasteiger partial charge in [-0.1, -0.05) is 12.1 Å². The second-order valence-corrected chi connectivity index (χ2v) is 9.42. The van der Waals surface area contributed by atoms with Gasteiger partial charge in [-0.3, -0.25) is 9.10 Å². The van der Waals surface area contributed by atoms with Crippen LogP contribution in [0.5, 0.6) is 11.5 Å². The van der Waals surface area contributed by atoms with E-state index in [0.29, 0.717) is 5.75 Å². The molecule has 3 aromatic carbocycles. The summed E-state index contributed by atoms with van der Waals surface area (Å²) >= 11 is 0. The zero-order valence-electron chi connectivity index (χ0n) is 19.2. The Balaban J connectivity index is 1.71. The van der Waals surface area contributed by atoms with Crippen LogP contribution >= 0.6 is 0 Å². The Morgan fingerprint density at radius 1 is 1.00 bits per heavy atom. The minimum Gasteiger partial charge on any atom is -0.497 e. The highest BCUT2D eigenvalue weighted by Crippen LogP contribution is 2.25. The van der Waals surface area contributed by atoms with Gasteiger partial charge in [0.05, 0.1) is 24.2 Å². The molecule has 0 spiro atoms. The number of rotatable bonds is 10. The number of aryl methyl sites for hydroxylation is 1. The van der Waals surface area contributed by atoms with E-state index in [2.05, 4.69) is 5.32 Å². The molecule has 0 bridgehead atoms. The van der Waals surface area contributed by atoms with E-state index in [1.807, 2.05) is 32.0 Å². The van der Waals surface area contributed by atoms with Gasteiger partial charge >= 0.3 is 0 Å². The van der Waals surface area contributed by atoms with E-state index in [9.17, 15) is 17.6 Å². The molecule has 1 amide bonds. The molecule has 0 fully saturated rings. The van der Waals surface area contributed by atoms with Crippen LogP contribution in [0.3, 0.4) is 0 Å². The number of carbonyl (C=O) groups excluding carboxylic acids is 1. The largest absolute Gasteiger partial charge is 0.497 e. The molecule has 180 valence electrons. The van der Waals surface area contributed by atoms with E-state index in [4.69, 9.17) is 9.47 Å². The number of nitrogens with zero attached hydrogens (tertiary/aromatic N) is 1. The molecular weight excluding hydrogens is 459 g/mol. The van der Waals surface area contributed by atoms with Gasteiger partial charge in [0.2, 0.25) is 5.91 Å². The lowest BCUT2D eigenvalue weighted by molar-refractivity contribution is -0.119. The summed E-state index contributed by atoms with van der Waals surface area (Å²) < 4.78 is 51.8. The van der Waals surface area contributed by atoms with Gasteiger partial charge in [0.1, 0.15) is 30.5 Å². The summed E-state index contributed by atoms with van der Waals surface area (Å²) in [5.74, 6) is 0.183. The van der Waals surface area contributed by atoms with Gasteiger partial charge in [0.15, 0.2) is 0 Å². The van der Waals surface area contributed by atoms with Crippen LogP contribution in [0.15, 0.2) is 71.6 Å². The van der Waals surface area contributed by atoms with Crippen molar-refractivity contribution in [1.82, 2.24) is 5.32 Å². The van der Waals surface area contributed by atoms with E-state index >= 15 is 0 Å². The third kappa shape index (κ3) is 6.05. The van der Waals surface area contributed by atoms with Crippen molar-refractivity contribution >= 4 is 21.6 Å². The Labute approximate surface area is 199 Å². The molecule has 1 N–H and O–H groups in total. The summed E-state index contributed by atoms with van der Waals surface area (Å²) in [6.07, 6.45) is 0. The number of methoxy groups -OCH3 is 1. The van der Waals surface area contributed by atoms with Crippen LogP contribution in [-0.4, -0.2) is 41.1 Å². The van der Waals surface area contributed by atoms with Gasteiger partial charge < -0.3 is 14.8 Å². The molecule has 0 saturated heterocycles. The summed E-state index contributed by atoms with van der Waals surface area (Å²) in [6, 6.07) is 16.4. The van der Waals surface area contributed by atoms with E-state index in [-0.39, 0.29) is 23.7 Å². The fourth-order valence-electron chi connectivity index (χ4n) is 3.22. The number of benzene rings is 3. The Bertz CT molecular complexity index is 1230. The maximum atomic E-state index is 13.4. The zero-order valence-corrected chi connectivity index (χ0v) is 20.1. The van der Waals surface area contributed by atoms with Crippen molar-refractivity contribution in [2.24, 2.45) is 0 Å². The molecule has 0 radical (unpaired) electrons. The lowest BCUT2D eigenvalue weighted by atomic mass is 10.1. The highest BCUT2D eigenvalue weighted by molar-refractivity contribution is 7.92. The van der Waals surface area contributed by atoms with Gasteiger partial charge in [-0.25, -0.2) is 12.8 Å². The molecule has 7 nitrogen and oxygen atoms in total. The van der Waals surface area contributed by atoms with Gasteiger partial charge in [-0.2, -0.15) is 0 Å². The Hall–Kier alpha value is -3.59. The van der Waals surface area contributed by atoms with Crippen LogP contribution < -0.4 is 19.1 Å². The summed E-state index contributed by atoms with van der Waals surface area (Å²) in [7, 11) is -2.63. The smallest absolute Gasteiger partial charge is 0.264 e. The second kappa shape index (κ2) is 11.0. The van der Waals surface area contributed by atoms with Crippen molar-refractivity contribution in [1.29, 1.82) is 0 Å². The Morgan fingerprint density at radius 2 is 1.68 bits per heavy atom. The predicted molar refractivity (Wildman–Crippen MR) is 128 cm³/mol. The number of hydrogen-bond donors (Lipinski definition) is 1.